The normalized spacial score (nSPS) is 20.9. The second kappa shape index (κ2) is 8.58. The molecule has 0 aromatic heterocycles. The van der Waals surface area contributed by atoms with E-state index < -0.39 is 10.0 Å². The first kappa shape index (κ1) is 22.3. The van der Waals surface area contributed by atoms with Crippen molar-refractivity contribution in [2.24, 2.45) is 11.8 Å². The summed E-state index contributed by atoms with van der Waals surface area (Å²) in [6, 6.07) is 10.3. The fraction of sp³-hybridized carbons (Fsp3) is 0.417. The highest BCUT2D eigenvalue weighted by atomic mass is 32.2. The van der Waals surface area contributed by atoms with Crippen LogP contribution in [0.5, 0.6) is 5.75 Å². The Bertz CT molecular complexity index is 1150. The van der Waals surface area contributed by atoms with Gasteiger partial charge in [0.2, 0.25) is 11.8 Å². The number of aryl methyl sites for hydroxylation is 2. The number of carbonyl (C=O) groups excluding carboxylic acids is 2. The van der Waals surface area contributed by atoms with Gasteiger partial charge in [-0.25, -0.2) is 8.42 Å². The molecule has 1 saturated heterocycles. The maximum atomic E-state index is 13.2. The minimum Gasteiger partial charge on any atom is -0.495 e. The van der Waals surface area contributed by atoms with Crippen LogP contribution in [-0.4, -0.2) is 32.2 Å². The average Bonchev–Trinajstić information content (AvgIpc) is 3.00. The minimum atomic E-state index is -3.92. The number of sulfonamides is 1. The molecule has 170 valence electrons. The van der Waals surface area contributed by atoms with Crippen LogP contribution < -0.4 is 9.46 Å². The van der Waals surface area contributed by atoms with Crippen molar-refractivity contribution in [1.82, 2.24) is 4.90 Å². The molecule has 2 atom stereocenters. The van der Waals surface area contributed by atoms with Crippen molar-refractivity contribution in [2.75, 3.05) is 11.8 Å². The number of nitrogens with zero attached hydrogens (tertiary/aromatic N) is 1. The number of likely N-dealkylation sites (tertiary alicyclic amines) is 1. The first-order chi connectivity index (χ1) is 15.2. The molecule has 1 saturated carbocycles. The molecule has 0 unspecified atom stereocenters. The third-order valence-corrected chi connectivity index (χ3v) is 7.92. The Labute approximate surface area is 188 Å². The fourth-order valence-electron chi connectivity index (χ4n) is 4.70. The van der Waals surface area contributed by atoms with Gasteiger partial charge < -0.3 is 4.74 Å². The second-order valence-corrected chi connectivity index (χ2v) is 10.3. The average molecular weight is 457 g/mol. The SMILES string of the molecule is COc1ccc(C)cc1NS(=O)(=O)c1cc(CN2C(=O)[C@@H]3CCCC[C@H]3C2=O)ccc1C. The molecule has 4 rings (SSSR count). The van der Waals surface area contributed by atoms with Gasteiger partial charge >= 0.3 is 0 Å². The fourth-order valence-corrected chi connectivity index (χ4v) is 6.06. The standard InChI is InChI=1S/C24H28N2O5S/c1-15-8-11-21(31-3)20(12-15)25-32(29,30)22-13-17(10-9-16(22)2)14-26-23(27)18-6-4-5-7-19(18)24(26)28/h8-13,18-19,25H,4-7,14H2,1-3H3/t18-,19-/m1/s1. The van der Waals surface area contributed by atoms with E-state index in [4.69, 9.17) is 4.74 Å². The number of rotatable bonds is 6. The topological polar surface area (TPSA) is 92.8 Å². The van der Waals surface area contributed by atoms with E-state index in [0.29, 0.717) is 22.6 Å². The van der Waals surface area contributed by atoms with Crippen LogP contribution in [0.15, 0.2) is 41.3 Å². The molecule has 1 heterocycles. The largest absolute Gasteiger partial charge is 0.495 e. The van der Waals surface area contributed by atoms with E-state index in [2.05, 4.69) is 4.72 Å². The van der Waals surface area contributed by atoms with E-state index in [-0.39, 0.29) is 35.1 Å². The lowest BCUT2D eigenvalue weighted by Crippen LogP contribution is -2.30. The molecule has 7 nitrogen and oxygen atoms in total. The van der Waals surface area contributed by atoms with Gasteiger partial charge in [-0.3, -0.25) is 19.2 Å². The number of methoxy groups -OCH3 is 1. The monoisotopic (exact) mass is 456 g/mol. The Kier molecular flexibility index (Phi) is 5.99. The number of carbonyl (C=O) groups is 2. The van der Waals surface area contributed by atoms with Gasteiger partial charge in [0.25, 0.3) is 10.0 Å². The number of amides is 2. The third kappa shape index (κ3) is 4.11. The third-order valence-electron chi connectivity index (χ3n) is 6.41. The molecule has 2 aromatic rings. The van der Waals surface area contributed by atoms with Gasteiger partial charge in [0, 0.05) is 0 Å². The van der Waals surface area contributed by atoms with Gasteiger partial charge in [-0.15, -0.1) is 0 Å². The van der Waals surface area contributed by atoms with Crippen molar-refractivity contribution in [3.05, 3.63) is 53.1 Å². The zero-order valence-corrected chi connectivity index (χ0v) is 19.4. The summed E-state index contributed by atoms with van der Waals surface area (Å²) in [6.45, 7) is 3.67. The van der Waals surface area contributed by atoms with Gasteiger partial charge in [0.1, 0.15) is 5.75 Å². The van der Waals surface area contributed by atoms with Crippen molar-refractivity contribution in [2.45, 2.75) is 51.0 Å². The highest BCUT2D eigenvalue weighted by Crippen LogP contribution is 2.39. The maximum Gasteiger partial charge on any atom is 0.262 e. The number of hydrogen-bond acceptors (Lipinski definition) is 5. The van der Waals surface area contributed by atoms with E-state index in [1.54, 1.807) is 37.3 Å². The molecule has 0 radical (unpaired) electrons. The second-order valence-electron chi connectivity index (χ2n) is 8.67. The van der Waals surface area contributed by atoms with Gasteiger partial charge in [0.15, 0.2) is 0 Å². The molecule has 2 amide bonds. The van der Waals surface area contributed by atoms with E-state index in [1.165, 1.54) is 12.0 Å². The number of ether oxygens (including phenoxy) is 1. The maximum absolute atomic E-state index is 13.2. The Morgan fingerprint density at radius 2 is 1.66 bits per heavy atom. The lowest BCUT2D eigenvalue weighted by molar-refractivity contribution is -0.140. The molecule has 0 spiro atoms. The van der Waals surface area contributed by atoms with Crippen LogP contribution in [0.25, 0.3) is 0 Å². The van der Waals surface area contributed by atoms with Crippen molar-refractivity contribution in [3.8, 4) is 5.75 Å². The lowest BCUT2D eigenvalue weighted by atomic mass is 9.81. The van der Waals surface area contributed by atoms with Crippen LogP contribution in [-0.2, 0) is 26.2 Å². The summed E-state index contributed by atoms with van der Waals surface area (Å²) in [5.74, 6) is -0.288. The van der Waals surface area contributed by atoms with E-state index in [9.17, 15) is 18.0 Å². The molecular formula is C24H28N2O5S. The quantitative estimate of drug-likeness (QED) is 0.668. The van der Waals surface area contributed by atoms with Crippen LogP contribution in [0.3, 0.4) is 0 Å². The van der Waals surface area contributed by atoms with Crippen molar-refractivity contribution >= 4 is 27.5 Å². The molecule has 1 aliphatic heterocycles. The molecule has 1 aliphatic carbocycles. The summed E-state index contributed by atoms with van der Waals surface area (Å²) >= 11 is 0. The molecule has 8 heteroatoms. The number of anilines is 1. The number of benzene rings is 2. The molecule has 2 aromatic carbocycles. The van der Waals surface area contributed by atoms with Crippen LogP contribution in [0, 0.1) is 25.7 Å². The zero-order chi connectivity index (χ0) is 23.0. The van der Waals surface area contributed by atoms with E-state index in [1.807, 2.05) is 13.0 Å². The molecule has 1 N–H and O–H groups in total. The highest BCUT2D eigenvalue weighted by Gasteiger charge is 2.47. The molecule has 32 heavy (non-hydrogen) atoms. The van der Waals surface area contributed by atoms with Crippen LogP contribution in [0.4, 0.5) is 5.69 Å². The van der Waals surface area contributed by atoms with E-state index >= 15 is 0 Å². The Balaban J connectivity index is 1.61. The van der Waals surface area contributed by atoms with Crippen molar-refractivity contribution in [1.29, 1.82) is 0 Å². The summed E-state index contributed by atoms with van der Waals surface area (Å²) in [4.78, 5) is 27.0. The van der Waals surface area contributed by atoms with Crippen molar-refractivity contribution < 1.29 is 22.7 Å². The number of imide groups is 1. The van der Waals surface area contributed by atoms with Crippen LogP contribution in [0.2, 0.25) is 0 Å². The van der Waals surface area contributed by atoms with Crippen molar-refractivity contribution in [3.63, 3.8) is 0 Å². The summed E-state index contributed by atoms with van der Waals surface area (Å²) in [5.41, 5.74) is 2.42. The first-order valence-corrected chi connectivity index (χ1v) is 12.3. The van der Waals surface area contributed by atoms with Gasteiger partial charge in [-0.05, 0) is 61.6 Å². The Hall–Kier alpha value is -2.87. The molecule has 2 aliphatic rings. The van der Waals surface area contributed by atoms with Crippen LogP contribution >= 0.6 is 0 Å². The van der Waals surface area contributed by atoms with Gasteiger partial charge in [0.05, 0.1) is 36.1 Å². The lowest BCUT2D eigenvalue weighted by Gasteiger charge is -2.19. The predicted octanol–water partition coefficient (Wildman–Crippen LogP) is 3.79. The molecule has 0 bridgehead atoms. The summed E-state index contributed by atoms with van der Waals surface area (Å²) in [5, 5.41) is 0. The number of fused-ring (bicyclic) bond motifs is 1. The Morgan fingerprint density at radius 1 is 1.00 bits per heavy atom. The Morgan fingerprint density at radius 3 is 2.28 bits per heavy atom. The highest BCUT2D eigenvalue weighted by molar-refractivity contribution is 7.92. The van der Waals surface area contributed by atoms with Crippen LogP contribution in [0.1, 0.15) is 42.4 Å². The number of hydrogen-bond donors (Lipinski definition) is 1. The summed E-state index contributed by atoms with van der Waals surface area (Å²) in [7, 11) is -2.43. The first-order valence-electron chi connectivity index (χ1n) is 10.8. The molecule has 2 fully saturated rings. The van der Waals surface area contributed by atoms with Gasteiger partial charge in [-0.2, -0.15) is 0 Å². The van der Waals surface area contributed by atoms with E-state index in [0.717, 1.165) is 31.2 Å². The molecular weight excluding hydrogens is 428 g/mol. The zero-order valence-electron chi connectivity index (χ0n) is 18.6. The predicted molar refractivity (Wildman–Crippen MR) is 121 cm³/mol. The summed E-state index contributed by atoms with van der Waals surface area (Å²) < 4.78 is 34.3. The smallest absolute Gasteiger partial charge is 0.262 e. The summed E-state index contributed by atoms with van der Waals surface area (Å²) in [6.07, 6.45) is 3.44. The van der Waals surface area contributed by atoms with Gasteiger partial charge in [-0.1, -0.05) is 31.0 Å². The number of nitrogens with one attached hydrogen (secondary N) is 1. The minimum absolute atomic E-state index is 0.0846.